The molecule has 0 radical (unpaired) electrons. The van der Waals surface area contributed by atoms with Gasteiger partial charge in [0.15, 0.2) is 0 Å². The number of aryl methyl sites for hydroxylation is 1. The van der Waals surface area contributed by atoms with Crippen LogP contribution in [0.5, 0.6) is 0 Å². The zero-order valence-electron chi connectivity index (χ0n) is 11.1. The molecule has 0 atom stereocenters. The Labute approximate surface area is 126 Å². The number of nitrogens with zero attached hydrogens (tertiary/aromatic N) is 1. The third kappa shape index (κ3) is 3.26. The third-order valence-electron chi connectivity index (χ3n) is 2.76. The first-order chi connectivity index (χ1) is 9.51. The van der Waals surface area contributed by atoms with Crippen LogP contribution in [0.2, 0.25) is 0 Å². The predicted octanol–water partition coefficient (Wildman–Crippen LogP) is 2.37. The molecule has 1 fully saturated rings. The van der Waals surface area contributed by atoms with Crippen molar-refractivity contribution in [2.75, 3.05) is 13.7 Å². The number of thiocarbonyl (C=S) groups is 1. The quantitative estimate of drug-likeness (QED) is 0.487. The Hall–Kier alpha value is -1.66. The molecule has 1 saturated heterocycles. The molecule has 1 amide bonds. The van der Waals surface area contributed by atoms with E-state index in [1.807, 2.05) is 31.2 Å². The zero-order chi connectivity index (χ0) is 14.7. The third-order valence-corrected chi connectivity index (χ3v) is 4.14. The van der Waals surface area contributed by atoms with E-state index >= 15 is 0 Å². The molecule has 4 nitrogen and oxygen atoms in total. The number of thioether (sulfide) groups is 1. The van der Waals surface area contributed by atoms with Crippen LogP contribution < -0.4 is 0 Å². The van der Waals surface area contributed by atoms with Gasteiger partial charge in [0.1, 0.15) is 10.9 Å². The van der Waals surface area contributed by atoms with Crippen molar-refractivity contribution in [3.63, 3.8) is 0 Å². The van der Waals surface area contributed by atoms with E-state index in [1.54, 1.807) is 6.08 Å². The standard InChI is InChI=1S/C14H13NO3S2/c1-9-3-5-10(6-4-9)7-11-13(17)15(14(19)20-11)8-12(16)18-2/h3-7H,8H2,1-2H3/b11-7+. The Kier molecular flexibility index (Phi) is 4.57. The first-order valence-electron chi connectivity index (χ1n) is 5.90. The van der Waals surface area contributed by atoms with E-state index in [1.165, 1.54) is 23.8 Å². The van der Waals surface area contributed by atoms with Crippen molar-refractivity contribution in [1.82, 2.24) is 4.90 Å². The number of benzene rings is 1. The van der Waals surface area contributed by atoms with Gasteiger partial charge in [-0.1, -0.05) is 53.8 Å². The van der Waals surface area contributed by atoms with Gasteiger partial charge in [0.05, 0.1) is 12.0 Å². The number of carbonyl (C=O) groups excluding carboxylic acids is 2. The highest BCUT2D eigenvalue weighted by atomic mass is 32.2. The Morgan fingerprint density at radius 3 is 2.65 bits per heavy atom. The van der Waals surface area contributed by atoms with Gasteiger partial charge < -0.3 is 4.74 Å². The maximum absolute atomic E-state index is 12.2. The molecule has 0 aliphatic carbocycles. The van der Waals surface area contributed by atoms with Crippen molar-refractivity contribution < 1.29 is 14.3 Å². The van der Waals surface area contributed by atoms with E-state index in [4.69, 9.17) is 12.2 Å². The Morgan fingerprint density at radius 1 is 1.40 bits per heavy atom. The van der Waals surface area contributed by atoms with Crippen molar-refractivity contribution in [2.45, 2.75) is 6.92 Å². The summed E-state index contributed by atoms with van der Waals surface area (Å²) < 4.78 is 4.93. The van der Waals surface area contributed by atoms with Gasteiger partial charge in [-0.2, -0.15) is 0 Å². The van der Waals surface area contributed by atoms with Crippen molar-refractivity contribution in [3.8, 4) is 0 Å². The smallest absolute Gasteiger partial charge is 0.325 e. The number of rotatable bonds is 3. The average Bonchev–Trinajstić information content (AvgIpc) is 2.69. The number of amides is 1. The number of methoxy groups -OCH3 is 1. The number of hydrogen-bond acceptors (Lipinski definition) is 5. The highest BCUT2D eigenvalue weighted by molar-refractivity contribution is 8.26. The van der Waals surface area contributed by atoms with Crippen molar-refractivity contribution >= 4 is 46.3 Å². The molecule has 1 aromatic rings. The van der Waals surface area contributed by atoms with Gasteiger partial charge in [0.25, 0.3) is 5.91 Å². The van der Waals surface area contributed by atoms with Gasteiger partial charge >= 0.3 is 5.97 Å². The Morgan fingerprint density at radius 2 is 2.05 bits per heavy atom. The molecule has 20 heavy (non-hydrogen) atoms. The van der Waals surface area contributed by atoms with Gasteiger partial charge in [0, 0.05) is 0 Å². The minimum Gasteiger partial charge on any atom is -0.468 e. The van der Waals surface area contributed by atoms with E-state index in [2.05, 4.69) is 4.74 Å². The summed E-state index contributed by atoms with van der Waals surface area (Å²) in [7, 11) is 1.28. The molecule has 1 aromatic carbocycles. The van der Waals surface area contributed by atoms with Crippen molar-refractivity contribution in [1.29, 1.82) is 0 Å². The first kappa shape index (κ1) is 14.7. The number of hydrogen-bond donors (Lipinski definition) is 0. The largest absolute Gasteiger partial charge is 0.468 e. The van der Waals surface area contributed by atoms with Gasteiger partial charge in [-0.25, -0.2) is 0 Å². The second-order valence-electron chi connectivity index (χ2n) is 4.25. The summed E-state index contributed by atoms with van der Waals surface area (Å²) in [6.07, 6.45) is 1.77. The lowest BCUT2D eigenvalue weighted by Crippen LogP contribution is -2.33. The van der Waals surface area contributed by atoms with Gasteiger partial charge in [0.2, 0.25) is 0 Å². The lowest BCUT2D eigenvalue weighted by atomic mass is 10.1. The van der Waals surface area contributed by atoms with Gasteiger partial charge in [-0.3, -0.25) is 14.5 Å². The summed E-state index contributed by atoms with van der Waals surface area (Å²) in [5.74, 6) is -0.746. The molecule has 0 aromatic heterocycles. The van der Waals surface area contributed by atoms with Crippen LogP contribution in [0, 0.1) is 6.92 Å². The number of carbonyl (C=O) groups is 2. The van der Waals surface area contributed by atoms with E-state index in [-0.39, 0.29) is 12.5 Å². The molecule has 1 aliphatic heterocycles. The summed E-state index contributed by atoms with van der Waals surface area (Å²) in [5.41, 5.74) is 2.08. The lowest BCUT2D eigenvalue weighted by Gasteiger charge is -2.11. The van der Waals surface area contributed by atoms with Crippen LogP contribution in [0.1, 0.15) is 11.1 Å². The molecule has 104 valence electrons. The van der Waals surface area contributed by atoms with Crippen molar-refractivity contribution in [3.05, 3.63) is 40.3 Å². The average molecular weight is 307 g/mol. The van der Waals surface area contributed by atoms with Crippen LogP contribution in [0.25, 0.3) is 6.08 Å². The minimum atomic E-state index is -0.488. The summed E-state index contributed by atoms with van der Waals surface area (Å²) in [6.45, 7) is 1.85. The molecule has 0 unspecified atom stereocenters. The van der Waals surface area contributed by atoms with Crippen LogP contribution in [0.4, 0.5) is 0 Å². The van der Waals surface area contributed by atoms with Crippen LogP contribution in [-0.4, -0.2) is 34.8 Å². The zero-order valence-corrected chi connectivity index (χ0v) is 12.7. The molecule has 1 heterocycles. The lowest BCUT2D eigenvalue weighted by molar-refractivity contribution is -0.143. The number of esters is 1. The summed E-state index contributed by atoms with van der Waals surface area (Å²) in [5, 5.41) is 0. The molecule has 0 N–H and O–H groups in total. The topological polar surface area (TPSA) is 46.6 Å². The fraction of sp³-hybridized carbons (Fsp3) is 0.214. The first-order valence-corrected chi connectivity index (χ1v) is 7.12. The fourth-order valence-corrected chi connectivity index (χ4v) is 2.90. The second kappa shape index (κ2) is 6.19. The van der Waals surface area contributed by atoms with Gasteiger partial charge in [-0.15, -0.1) is 0 Å². The molecule has 0 saturated carbocycles. The normalized spacial score (nSPS) is 16.9. The molecule has 6 heteroatoms. The molecule has 0 spiro atoms. The van der Waals surface area contributed by atoms with Crippen molar-refractivity contribution in [2.24, 2.45) is 0 Å². The predicted molar refractivity (Wildman–Crippen MR) is 83.1 cm³/mol. The summed E-state index contributed by atoms with van der Waals surface area (Å²) >= 11 is 6.31. The molecular weight excluding hydrogens is 294 g/mol. The van der Waals surface area contributed by atoms with E-state index in [9.17, 15) is 9.59 Å². The SMILES string of the molecule is COC(=O)CN1C(=O)/C(=C\c2ccc(C)cc2)SC1=S. The highest BCUT2D eigenvalue weighted by Crippen LogP contribution is 2.32. The van der Waals surface area contributed by atoms with E-state index < -0.39 is 5.97 Å². The molecule has 0 bridgehead atoms. The van der Waals surface area contributed by atoms with Crippen LogP contribution in [-0.2, 0) is 14.3 Å². The number of ether oxygens (including phenoxy) is 1. The second-order valence-corrected chi connectivity index (χ2v) is 5.93. The van der Waals surface area contributed by atoms with E-state index in [0.717, 1.165) is 11.1 Å². The summed E-state index contributed by atoms with van der Waals surface area (Å²) in [4.78, 5) is 25.2. The highest BCUT2D eigenvalue weighted by Gasteiger charge is 2.33. The van der Waals surface area contributed by atoms with Crippen LogP contribution in [0.3, 0.4) is 0 Å². The van der Waals surface area contributed by atoms with Gasteiger partial charge in [-0.05, 0) is 18.6 Å². The molecular formula is C14H13NO3S2. The van der Waals surface area contributed by atoms with Crippen LogP contribution >= 0.6 is 24.0 Å². The van der Waals surface area contributed by atoms with E-state index in [0.29, 0.717) is 9.23 Å². The molecule has 2 rings (SSSR count). The monoisotopic (exact) mass is 307 g/mol. The molecule has 1 aliphatic rings. The Balaban J connectivity index is 2.19. The summed E-state index contributed by atoms with van der Waals surface area (Å²) in [6, 6.07) is 7.81. The van der Waals surface area contributed by atoms with Crippen LogP contribution in [0.15, 0.2) is 29.2 Å². The maximum atomic E-state index is 12.2. The minimum absolute atomic E-state index is 0.146. The Bertz CT molecular complexity index is 593. The maximum Gasteiger partial charge on any atom is 0.325 e. The fourth-order valence-electron chi connectivity index (χ4n) is 1.64.